The Bertz CT molecular complexity index is 1330. The molecule has 0 radical (unpaired) electrons. The largest absolute Gasteiger partial charge is 0.495 e. The second kappa shape index (κ2) is 9.74. The van der Waals surface area contributed by atoms with Gasteiger partial charge >= 0.3 is 6.18 Å². The van der Waals surface area contributed by atoms with Crippen LogP contribution in [-0.2, 0) is 16.2 Å². The highest BCUT2D eigenvalue weighted by atomic mass is 32.2. The fourth-order valence-corrected chi connectivity index (χ4v) is 4.09. The van der Waals surface area contributed by atoms with Crippen molar-refractivity contribution in [3.8, 4) is 16.9 Å². The van der Waals surface area contributed by atoms with E-state index >= 15 is 0 Å². The number of amides is 1. The number of methoxy groups -OCH3 is 1. The van der Waals surface area contributed by atoms with Gasteiger partial charge in [-0.3, -0.25) is 4.79 Å². The molecular weight excluding hydrogens is 471 g/mol. The van der Waals surface area contributed by atoms with Crippen LogP contribution in [0.3, 0.4) is 0 Å². The number of anilines is 2. The van der Waals surface area contributed by atoms with E-state index in [2.05, 4.69) is 10.6 Å². The predicted octanol–water partition coefficient (Wildman–Crippen LogP) is 4.71. The maximum absolute atomic E-state index is 13.5. The summed E-state index contributed by atoms with van der Waals surface area (Å²) in [6.07, 6.45) is -4.54. The quantitative estimate of drug-likeness (QED) is 0.441. The maximum atomic E-state index is 13.5. The minimum atomic E-state index is -4.54. The van der Waals surface area contributed by atoms with Crippen molar-refractivity contribution >= 4 is 27.3 Å². The molecule has 0 bridgehead atoms. The van der Waals surface area contributed by atoms with Gasteiger partial charge in [-0.05, 0) is 42.8 Å². The summed E-state index contributed by atoms with van der Waals surface area (Å²) in [6.45, 7) is 2.20. The second-order valence-electron chi connectivity index (χ2n) is 7.20. The lowest BCUT2D eigenvalue weighted by Crippen LogP contribution is -2.15. The number of hydrogen-bond acceptors (Lipinski definition) is 5. The van der Waals surface area contributed by atoms with Crippen LogP contribution in [-0.4, -0.2) is 28.0 Å². The Morgan fingerprint density at radius 2 is 1.74 bits per heavy atom. The summed E-state index contributed by atoms with van der Waals surface area (Å²) in [7, 11) is -2.77. The summed E-state index contributed by atoms with van der Waals surface area (Å²) in [5, 5.41) is 10.8. The molecule has 0 saturated heterocycles. The summed E-state index contributed by atoms with van der Waals surface area (Å²) in [6, 6.07) is 13.4. The minimum Gasteiger partial charge on any atom is -0.495 e. The fourth-order valence-electron chi connectivity index (χ4n) is 3.41. The van der Waals surface area contributed by atoms with Crippen LogP contribution >= 0.6 is 0 Å². The standard InChI is InChI=1S/C23H22F3N3O4S/c1-3-28-19-12-14(8-10-17(19)16-6-4-5-7-18(16)23(24,25)26)22(30)29-15-9-11-21(34(27,31)32)20(13-15)33-2/h4-13,28H,3H2,1-2H3,(H,29,30)(H2,27,31,32). The third-order valence-electron chi connectivity index (χ3n) is 4.90. The molecule has 0 spiro atoms. The lowest BCUT2D eigenvalue weighted by Gasteiger charge is -2.17. The van der Waals surface area contributed by atoms with Crippen molar-refractivity contribution in [3.63, 3.8) is 0 Å². The molecule has 0 heterocycles. The van der Waals surface area contributed by atoms with Crippen molar-refractivity contribution < 1.29 is 31.1 Å². The Kier molecular flexibility index (Phi) is 7.18. The number of carbonyl (C=O) groups excluding carboxylic acids is 1. The number of carbonyl (C=O) groups is 1. The van der Waals surface area contributed by atoms with E-state index in [9.17, 15) is 26.4 Å². The highest BCUT2D eigenvalue weighted by molar-refractivity contribution is 7.89. The Morgan fingerprint density at radius 1 is 1.03 bits per heavy atom. The molecule has 3 rings (SSSR count). The molecule has 3 aromatic carbocycles. The number of rotatable bonds is 7. The molecule has 0 aliphatic rings. The zero-order valence-corrected chi connectivity index (χ0v) is 19.0. The monoisotopic (exact) mass is 493 g/mol. The third kappa shape index (κ3) is 5.49. The van der Waals surface area contributed by atoms with Crippen molar-refractivity contribution in [2.24, 2.45) is 5.14 Å². The number of hydrogen-bond donors (Lipinski definition) is 3. The molecular formula is C23H22F3N3O4S. The van der Waals surface area contributed by atoms with Gasteiger partial charge in [-0.25, -0.2) is 13.6 Å². The fraction of sp³-hybridized carbons (Fsp3) is 0.174. The van der Waals surface area contributed by atoms with E-state index in [1.807, 2.05) is 0 Å². The first-order valence-corrected chi connectivity index (χ1v) is 11.6. The number of halogens is 3. The zero-order chi connectivity index (χ0) is 25.1. The van der Waals surface area contributed by atoms with Gasteiger partial charge in [0.05, 0.1) is 12.7 Å². The van der Waals surface area contributed by atoms with Gasteiger partial charge in [0.25, 0.3) is 5.91 Å². The Balaban J connectivity index is 1.97. The molecule has 1 amide bonds. The molecule has 0 atom stereocenters. The summed E-state index contributed by atoms with van der Waals surface area (Å²) < 4.78 is 68.9. The number of ether oxygens (including phenoxy) is 1. The van der Waals surface area contributed by atoms with Crippen LogP contribution < -0.4 is 20.5 Å². The van der Waals surface area contributed by atoms with E-state index in [1.54, 1.807) is 6.92 Å². The summed E-state index contributed by atoms with van der Waals surface area (Å²) in [5.74, 6) is -0.604. The number of nitrogens with one attached hydrogen (secondary N) is 2. The summed E-state index contributed by atoms with van der Waals surface area (Å²) >= 11 is 0. The molecule has 7 nitrogen and oxygen atoms in total. The van der Waals surface area contributed by atoms with Gasteiger partial charge < -0.3 is 15.4 Å². The SMILES string of the molecule is CCNc1cc(C(=O)Nc2ccc(S(N)(=O)=O)c(OC)c2)ccc1-c1ccccc1C(F)(F)F. The molecule has 11 heteroatoms. The highest BCUT2D eigenvalue weighted by Gasteiger charge is 2.33. The van der Waals surface area contributed by atoms with E-state index in [4.69, 9.17) is 9.88 Å². The van der Waals surface area contributed by atoms with Gasteiger partial charge in [0.1, 0.15) is 10.6 Å². The first-order chi connectivity index (χ1) is 16.0. The van der Waals surface area contributed by atoms with Crippen LogP contribution in [0.5, 0.6) is 5.75 Å². The molecule has 0 aromatic heterocycles. The lowest BCUT2D eigenvalue weighted by atomic mass is 9.96. The van der Waals surface area contributed by atoms with Crippen molar-refractivity contribution in [1.29, 1.82) is 0 Å². The smallest absolute Gasteiger partial charge is 0.417 e. The molecule has 0 fully saturated rings. The first kappa shape index (κ1) is 25.1. The molecule has 0 aliphatic heterocycles. The van der Waals surface area contributed by atoms with Gasteiger partial charge in [0.15, 0.2) is 0 Å². The average molecular weight is 494 g/mol. The maximum Gasteiger partial charge on any atom is 0.417 e. The van der Waals surface area contributed by atoms with Gasteiger partial charge in [-0.15, -0.1) is 0 Å². The van der Waals surface area contributed by atoms with Crippen molar-refractivity contribution in [3.05, 3.63) is 71.8 Å². The number of sulfonamides is 1. The molecule has 180 valence electrons. The Labute approximate surface area is 194 Å². The predicted molar refractivity (Wildman–Crippen MR) is 123 cm³/mol. The van der Waals surface area contributed by atoms with Crippen LogP contribution in [0.15, 0.2) is 65.6 Å². The van der Waals surface area contributed by atoms with Crippen molar-refractivity contribution in [2.45, 2.75) is 18.0 Å². The second-order valence-corrected chi connectivity index (χ2v) is 8.73. The topological polar surface area (TPSA) is 111 Å². The van der Waals surface area contributed by atoms with E-state index < -0.39 is 27.7 Å². The number of primary sulfonamides is 1. The molecule has 4 N–H and O–H groups in total. The van der Waals surface area contributed by atoms with Gasteiger partial charge in [0.2, 0.25) is 10.0 Å². The average Bonchev–Trinajstić information content (AvgIpc) is 2.78. The molecule has 0 aliphatic carbocycles. The Morgan fingerprint density at radius 3 is 2.35 bits per heavy atom. The third-order valence-corrected chi connectivity index (χ3v) is 5.85. The minimum absolute atomic E-state index is 0.0128. The highest BCUT2D eigenvalue weighted by Crippen LogP contribution is 2.40. The van der Waals surface area contributed by atoms with Crippen LogP contribution in [0.2, 0.25) is 0 Å². The molecule has 0 unspecified atom stereocenters. The molecule has 0 saturated carbocycles. The summed E-state index contributed by atoms with van der Waals surface area (Å²) in [4.78, 5) is 12.6. The van der Waals surface area contributed by atoms with Gasteiger partial charge in [-0.2, -0.15) is 13.2 Å². The van der Waals surface area contributed by atoms with Crippen molar-refractivity contribution in [1.82, 2.24) is 0 Å². The van der Waals surface area contributed by atoms with E-state index in [-0.39, 0.29) is 27.5 Å². The number of alkyl halides is 3. The first-order valence-electron chi connectivity index (χ1n) is 10.0. The van der Waals surface area contributed by atoms with Crippen LogP contribution in [0.25, 0.3) is 11.1 Å². The van der Waals surface area contributed by atoms with Crippen LogP contribution in [0.1, 0.15) is 22.8 Å². The normalized spacial score (nSPS) is 11.7. The van der Waals surface area contributed by atoms with Crippen molar-refractivity contribution in [2.75, 3.05) is 24.3 Å². The molecule has 3 aromatic rings. The number of benzene rings is 3. The Hall–Kier alpha value is -3.57. The van der Waals surface area contributed by atoms with E-state index in [0.29, 0.717) is 17.8 Å². The van der Waals surface area contributed by atoms with Crippen LogP contribution in [0, 0.1) is 0 Å². The summed E-state index contributed by atoms with van der Waals surface area (Å²) in [5.41, 5.74) is 0.276. The zero-order valence-electron chi connectivity index (χ0n) is 18.2. The van der Waals surface area contributed by atoms with E-state index in [0.717, 1.165) is 6.07 Å². The number of nitrogens with two attached hydrogens (primary N) is 1. The van der Waals surface area contributed by atoms with Gasteiger partial charge in [-0.1, -0.05) is 24.3 Å². The van der Waals surface area contributed by atoms with E-state index in [1.165, 1.54) is 61.7 Å². The van der Waals surface area contributed by atoms with Gasteiger partial charge in [0, 0.05) is 35.1 Å². The lowest BCUT2D eigenvalue weighted by molar-refractivity contribution is -0.137. The molecule has 34 heavy (non-hydrogen) atoms. The van der Waals surface area contributed by atoms with Crippen LogP contribution in [0.4, 0.5) is 24.5 Å².